The third-order valence-electron chi connectivity index (χ3n) is 3.10. The predicted octanol–water partition coefficient (Wildman–Crippen LogP) is 4.06. The van der Waals surface area contributed by atoms with Crippen LogP contribution in [0.15, 0.2) is 34.7 Å². The van der Waals surface area contributed by atoms with Crippen LogP contribution in [0.5, 0.6) is 0 Å². The molecule has 112 valence electrons. The number of rotatable bonds is 4. The highest BCUT2D eigenvalue weighted by Crippen LogP contribution is 2.34. The summed E-state index contributed by atoms with van der Waals surface area (Å²) >= 11 is 0. The van der Waals surface area contributed by atoms with E-state index in [-0.39, 0.29) is 11.8 Å². The molecule has 0 N–H and O–H groups in total. The molecule has 1 aromatic heterocycles. The Bertz CT molecular complexity index is 647. The van der Waals surface area contributed by atoms with Crippen LogP contribution in [0.3, 0.4) is 0 Å². The van der Waals surface area contributed by atoms with Crippen molar-refractivity contribution in [3.63, 3.8) is 0 Å². The van der Waals surface area contributed by atoms with E-state index in [1.165, 1.54) is 12.1 Å². The van der Waals surface area contributed by atoms with Crippen molar-refractivity contribution < 1.29 is 22.4 Å². The largest absolute Gasteiger partial charge is 0.464 e. The Morgan fingerprint density at radius 1 is 1.24 bits per heavy atom. The lowest BCUT2D eigenvalue weighted by molar-refractivity contribution is -0.137. The zero-order chi connectivity index (χ0) is 15.6. The highest BCUT2D eigenvalue weighted by molar-refractivity contribution is 5.79. The molecule has 2 aromatic rings. The summed E-state index contributed by atoms with van der Waals surface area (Å²) in [6, 6.07) is 7.19. The quantitative estimate of drug-likeness (QED) is 0.798. The molecule has 0 aliphatic carbocycles. The van der Waals surface area contributed by atoms with E-state index >= 15 is 0 Å². The molecule has 0 amide bonds. The van der Waals surface area contributed by atoms with Crippen molar-refractivity contribution in [1.29, 1.82) is 0 Å². The van der Waals surface area contributed by atoms with Gasteiger partial charge in [-0.05, 0) is 37.3 Å². The van der Waals surface area contributed by atoms with Gasteiger partial charge in [0.2, 0.25) is 0 Å². The normalized spacial score (nSPS) is 11.5. The second-order valence-corrected chi connectivity index (χ2v) is 4.76. The number of hydrogen-bond donors (Lipinski definition) is 0. The summed E-state index contributed by atoms with van der Waals surface area (Å²) in [7, 11) is 1.66. The number of hydrogen-bond acceptors (Lipinski definition) is 3. The lowest BCUT2D eigenvalue weighted by atomic mass is 10.1. The molecule has 6 heteroatoms. The molecule has 1 heterocycles. The van der Waals surface area contributed by atoms with Crippen LogP contribution in [-0.4, -0.2) is 13.3 Å². The van der Waals surface area contributed by atoms with Gasteiger partial charge >= 0.3 is 6.18 Å². The van der Waals surface area contributed by atoms with Crippen molar-refractivity contribution in [2.75, 3.05) is 11.9 Å². The third kappa shape index (κ3) is 3.45. The fourth-order valence-corrected chi connectivity index (χ4v) is 2.03. The van der Waals surface area contributed by atoms with Gasteiger partial charge in [0.05, 0.1) is 12.1 Å². The van der Waals surface area contributed by atoms with Crippen molar-refractivity contribution in [1.82, 2.24) is 0 Å². The molecule has 0 fully saturated rings. The number of benzene rings is 1. The molecule has 2 rings (SSSR count). The van der Waals surface area contributed by atoms with E-state index < -0.39 is 11.7 Å². The van der Waals surface area contributed by atoms with Crippen LogP contribution in [0.4, 0.5) is 18.9 Å². The molecule has 0 aliphatic rings. The molecule has 0 saturated heterocycles. The minimum atomic E-state index is -4.56. The van der Waals surface area contributed by atoms with Gasteiger partial charge in [-0.15, -0.1) is 0 Å². The first kappa shape index (κ1) is 15.2. The molecule has 0 unspecified atom stereocenters. The van der Waals surface area contributed by atoms with Crippen LogP contribution in [-0.2, 0) is 12.7 Å². The van der Waals surface area contributed by atoms with Crippen molar-refractivity contribution in [2.24, 2.45) is 0 Å². The minimum Gasteiger partial charge on any atom is -0.464 e. The number of aldehydes is 1. The summed E-state index contributed by atoms with van der Waals surface area (Å²) in [4.78, 5) is 12.3. The molecule has 0 radical (unpaired) electrons. The summed E-state index contributed by atoms with van der Waals surface area (Å²) in [6.07, 6.45) is -4.35. The molecule has 0 atom stereocenters. The topological polar surface area (TPSA) is 33.5 Å². The number of aryl methyl sites for hydroxylation is 1. The van der Waals surface area contributed by atoms with Crippen molar-refractivity contribution in [3.8, 4) is 0 Å². The summed E-state index contributed by atoms with van der Waals surface area (Å²) in [5, 5.41) is 0. The minimum absolute atomic E-state index is 0.211. The molecular weight excluding hydrogens is 283 g/mol. The predicted molar refractivity (Wildman–Crippen MR) is 72.4 cm³/mol. The second kappa shape index (κ2) is 5.63. The first-order valence-electron chi connectivity index (χ1n) is 6.24. The highest BCUT2D eigenvalue weighted by atomic mass is 19.4. The maximum atomic E-state index is 12.9. The van der Waals surface area contributed by atoms with E-state index in [0.29, 0.717) is 18.0 Å². The van der Waals surface area contributed by atoms with Gasteiger partial charge in [-0.25, -0.2) is 0 Å². The number of carbonyl (C=O) groups is 1. The van der Waals surface area contributed by atoms with Gasteiger partial charge in [0.25, 0.3) is 0 Å². The van der Waals surface area contributed by atoms with Gasteiger partial charge < -0.3 is 9.32 Å². The Labute approximate surface area is 120 Å². The van der Waals surface area contributed by atoms with Crippen LogP contribution in [0.1, 0.15) is 27.4 Å². The average molecular weight is 297 g/mol. The monoisotopic (exact) mass is 297 g/mol. The van der Waals surface area contributed by atoms with Gasteiger partial charge in [-0.3, -0.25) is 4.79 Å². The third-order valence-corrected chi connectivity index (χ3v) is 3.10. The van der Waals surface area contributed by atoms with Crippen LogP contribution >= 0.6 is 0 Å². The number of alkyl halides is 3. The smallest absolute Gasteiger partial charge is 0.417 e. The zero-order valence-corrected chi connectivity index (χ0v) is 11.6. The average Bonchev–Trinajstić information content (AvgIpc) is 2.82. The van der Waals surface area contributed by atoms with Crippen LogP contribution in [0.25, 0.3) is 0 Å². The molecule has 1 aromatic carbocycles. The van der Waals surface area contributed by atoms with Gasteiger partial charge in [0.1, 0.15) is 11.5 Å². The maximum absolute atomic E-state index is 12.9. The molecule has 3 nitrogen and oxygen atoms in total. The standard InChI is InChI=1S/C15H14F3NO2/c1-10-3-6-13(21-10)8-19(2)12-5-4-11(9-20)14(7-12)15(16,17)18/h3-7,9H,8H2,1-2H3. The van der Waals surface area contributed by atoms with Crippen molar-refractivity contribution in [3.05, 3.63) is 53.0 Å². The first-order valence-corrected chi connectivity index (χ1v) is 6.24. The van der Waals surface area contributed by atoms with Gasteiger partial charge in [-0.2, -0.15) is 13.2 Å². The van der Waals surface area contributed by atoms with Crippen molar-refractivity contribution >= 4 is 12.0 Å². The molecule has 0 aliphatic heterocycles. The molecule has 0 bridgehead atoms. The first-order chi connectivity index (χ1) is 9.81. The van der Waals surface area contributed by atoms with E-state index in [1.807, 2.05) is 0 Å². The van der Waals surface area contributed by atoms with E-state index in [1.54, 1.807) is 31.0 Å². The maximum Gasteiger partial charge on any atom is 0.417 e. The Morgan fingerprint density at radius 3 is 2.48 bits per heavy atom. The lowest BCUT2D eigenvalue weighted by Crippen LogP contribution is -2.18. The Kier molecular flexibility index (Phi) is 4.06. The Morgan fingerprint density at radius 2 is 1.95 bits per heavy atom. The summed E-state index contributed by atoms with van der Waals surface area (Å²) in [5.74, 6) is 1.40. The number of halogens is 3. The Hall–Kier alpha value is -2.24. The van der Waals surface area contributed by atoms with E-state index in [4.69, 9.17) is 4.42 Å². The van der Waals surface area contributed by atoms with Gasteiger partial charge in [-0.1, -0.05) is 0 Å². The van der Waals surface area contributed by atoms with E-state index in [9.17, 15) is 18.0 Å². The fourth-order valence-electron chi connectivity index (χ4n) is 2.03. The molecule has 21 heavy (non-hydrogen) atoms. The molecule has 0 saturated carbocycles. The van der Waals surface area contributed by atoms with Crippen LogP contribution in [0, 0.1) is 6.92 Å². The number of furan rings is 1. The number of nitrogens with zero attached hydrogens (tertiary/aromatic N) is 1. The van der Waals surface area contributed by atoms with Crippen LogP contribution < -0.4 is 4.90 Å². The highest BCUT2D eigenvalue weighted by Gasteiger charge is 2.33. The van der Waals surface area contributed by atoms with Crippen LogP contribution in [0.2, 0.25) is 0 Å². The fraction of sp³-hybridized carbons (Fsp3) is 0.267. The number of carbonyl (C=O) groups excluding carboxylic acids is 1. The SMILES string of the molecule is Cc1ccc(CN(C)c2ccc(C=O)c(C(F)(F)F)c2)o1. The lowest BCUT2D eigenvalue weighted by Gasteiger charge is -2.20. The summed E-state index contributed by atoms with van der Waals surface area (Å²) in [6.45, 7) is 2.13. The molecular formula is C15H14F3NO2. The van der Waals surface area contributed by atoms with Gasteiger partial charge in [0, 0.05) is 18.3 Å². The second-order valence-electron chi connectivity index (χ2n) is 4.76. The van der Waals surface area contributed by atoms with Crippen molar-refractivity contribution in [2.45, 2.75) is 19.6 Å². The Balaban J connectivity index is 2.29. The van der Waals surface area contributed by atoms with Gasteiger partial charge in [0.15, 0.2) is 6.29 Å². The number of anilines is 1. The molecule has 0 spiro atoms. The zero-order valence-electron chi connectivity index (χ0n) is 11.6. The van der Waals surface area contributed by atoms with E-state index in [2.05, 4.69) is 0 Å². The van der Waals surface area contributed by atoms with E-state index in [0.717, 1.165) is 11.8 Å². The summed E-state index contributed by atoms with van der Waals surface area (Å²) < 4.78 is 44.1. The summed E-state index contributed by atoms with van der Waals surface area (Å²) in [5.41, 5.74) is -0.937.